The molecule has 2 nitrogen and oxygen atoms in total. The molecule has 0 spiro atoms. The van der Waals surface area contributed by atoms with Crippen LogP contribution in [-0.2, 0) is 9.47 Å². The van der Waals surface area contributed by atoms with Gasteiger partial charge in [0.15, 0.2) is 6.29 Å². The normalized spacial score (nSPS) is 30.1. The van der Waals surface area contributed by atoms with Crippen LogP contribution < -0.4 is 0 Å². The number of hydrogen-bond acceptors (Lipinski definition) is 2. The molecule has 0 N–H and O–H groups in total. The average Bonchev–Trinajstić information content (AvgIpc) is 2.16. The Morgan fingerprint density at radius 2 is 1.87 bits per heavy atom. The van der Waals surface area contributed by atoms with Crippen LogP contribution >= 0.6 is 0 Å². The molecule has 2 rings (SSSR count). The Bertz CT molecular complexity index is 319. The van der Waals surface area contributed by atoms with Gasteiger partial charge in [0.2, 0.25) is 0 Å². The third-order valence-electron chi connectivity index (χ3n) is 2.63. The quantitative estimate of drug-likeness (QED) is 0.702. The van der Waals surface area contributed by atoms with Crippen molar-refractivity contribution in [2.75, 3.05) is 0 Å². The molecule has 0 radical (unpaired) electrons. The summed E-state index contributed by atoms with van der Waals surface area (Å²) in [5.74, 6) is 0. The lowest BCUT2D eigenvalue weighted by molar-refractivity contribution is -0.273. The Kier molecular flexibility index (Phi) is 2.81. The van der Waals surface area contributed by atoms with E-state index < -0.39 is 0 Å². The van der Waals surface area contributed by atoms with Gasteiger partial charge in [0, 0.05) is 12.0 Å². The van der Waals surface area contributed by atoms with E-state index in [1.807, 2.05) is 30.3 Å². The maximum absolute atomic E-state index is 5.91. The van der Waals surface area contributed by atoms with Gasteiger partial charge in [-0.1, -0.05) is 30.3 Å². The van der Waals surface area contributed by atoms with Crippen molar-refractivity contribution in [2.24, 2.45) is 0 Å². The van der Waals surface area contributed by atoms with E-state index in [1.165, 1.54) is 0 Å². The molecular weight excluding hydrogens is 188 g/mol. The Morgan fingerprint density at radius 3 is 2.47 bits per heavy atom. The summed E-state index contributed by atoms with van der Waals surface area (Å²) in [4.78, 5) is 0. The molecule has 1 fully saturated rings. The third kappa shape index (κ3) is 2.58. The molecule has 15 heavy (non-hydrogen) atoms. The Balaban J connectivity index is 2.17. The summed E-state index contributed by atoms with van der Waals surface area (Å²) in [6, 6.07) is 10.1. The first-order chi connectivity index (χ1) is 7.07. The van der Waals surface area contributed by atoms with Gasteiger partial charge in [0.05, 0.1) is 11.7 Å². The van der Waals surface area contributed by atoms with Crippen molar-refractivity contribution in [1.82, 2.24) is 0 Å². The van der Waals surface area contributed by atoms with Crippen LogP contribution in [-0.4, -0.2) is 11.7 Å². The monoisotopic (exact) mass is 206 g/mol. The lowest BCUT2D eigenvalue weighted by Gasteiger charge is -2.39. The Morgan fingerprint density at radius 1 is 1.20 bits per heavy atom. The molecule has 0 bridgehead atoms. The fourth-order valence-corrected chi connectivity index (χ4v) is 2.07. The van der Waals surface area contributed by atoms with Gasteiger partial charge in [-0.3, -0.25) is 0 Å². The smallest absolute Gasteiger partial charge is 0.184 e. The summed E-state index contributed by atoms with van der Waals surface area (Å²) in [7, 11) is 0. The third-order valence-corrected chi connectivity index (χ3v) is 2.63. The standard InChI is InChI=1S/C13H18O2/c1-10-9-13(2,3)15-12(14-10)11-7-5-4-6-8-11/h4-8,10,12H,9H2,1-3H3/t10-,12+/m0/s1. The molecule has 0 saturated carbocycles. The topological polar surface area (TPSA) is 18.5 Å². The van der Waals surface area contributed by atoms with Gasteiger partial charge in [-0.2, -0.15) is 0 Å². The van der Waals surface area contributed by atoms with Crippen molar-refractivity contribution in [3.63, 3.8) is 0 Å². The van der Waals surface area contributed by atoms with Gasteiger partial charge in [-0.05, 0) is 20.8 Å². The maximum atomic E-state index is 5.91. The van der Waals surface area contributed by atoms with E-state index in [0.29, 0.717) is 0 Å². The number of ether oxygens (including phenoxy) is 2. The van der Waals surface area contributed by atoms with Crippen LogP contribution in [0.15, 0.2) is 30.3 Å². The van der Waals surface area contributed by atoms with Gasteiger partial charge in [-0.25, -0.2) is 0 Å². The molecule has 0 aliphatic carbocycles. The number of benzene rings is 1. The van der Waals surface area contributed by atoms with E-state index in [-0.39, 0.29) is 18.0 Å². The van der Waals surface area contributed by atoms with E-state index in [0.717, 1.165) is 12.0 Å². The number of rotatable bonds is 1. The van der Waals surface area contributed by atoms with E-state index in [4.69, 9.17) is 9.47 Å². The predicted molar refractivity (Wildman–Crippen MR) is 59.5 cm³/mol. The van der Waals surface area contributed by atoms with Gasteiger partial charge in [0.1, 0.15) is 0 Å². The Hall–Kier alpha value is -0.860. The van der Waals surface area contributed by atoms with E-state index in [1.54, 1.807) is 0 Å². The van der Waals surface area contributed by atoms with Crippen LogP contribution in [0.5, 0.6) is 0 Å². The molecule has 1 aliphatic rings. The highest BCUT2D eigenvalue weighted by Gasteiger charge is 2.33. The summed E-state index contributed by atoms with van der Waals surface area (Å²) in [6.45, 7) is 6.32. The molecule has 1 aromatic rings. The first kappa shape index (κ1) is 10.7. The van der Waals surface area contributed by atoms with Crippen molar-refractivity contribution in [3.8, 4) is 0 Å². The first-order valence-electron chi connectivity index (χ1n) is 5.45. The summed E-state index contributed by atoms with van der Waals surface area (Å²) in [5, 5.41) is 0. The average molecular weight is 206 g/mol. The minimum Gasteiger partial charge on any atom is -0.345 e. The molecule has 2 atom stereocenters. The summed E-state index contributed by atoms with van der Waals surface area (Å²) >= 11 is 0. The zero-order valence-corrected chi connectivity index (χ0v) is 9.57. The maximum Gasteiger partial charge on any atom is 0.184 e. The van der Waals surface area contributed by atoms with Gasteiger partial charge < -0.3 is 9.47 Å². The fourth-order valence-electron chi connectivity index (χ4n) is 2.07. The highest BCUT2D eigenvalue weighted by atomic mass is 16.7. The molecule has 0 aromatic heterocycles. The molecular formula is C13H18O2. The van der Waals surface area contributed by atoms with Crippen molar-refractivity contribution in [2.45, 2.75) is 45.2 Å². The molecule has 1 aliphatic heterocycles. The molecule has 82 valence electrons. The van der Waals surface area contributed by atoms with Crippen LogP contribution in [0, 0.1) is 0 Å². The second-order valence-corrected chi connectivity index (χ2v) is 4.77. The van der Waals surface area contributed by atoms with Crippen molar-refractivity contribution in [3.05, 3.63) is 35.9 Å². The molecule has 0 unspecified atom stereocenters. The minimum atomic E-state index is -0.218. The minimum absolute atomic E-state index is 0.0990. The van der Waals surface area contributed by atoms with Crippen LogP contribution in [0.2, 0.25) is 0 Å². The summed E-state index contributed by atoms with van der Waals surface area (Å²) in [6.07, 6.45) is 0.972. The second-order valence-electron chi connectivity index (χ2n) is 4.77. The largest absolute Gasteiger partial charge is 0.345 e. The fraction of sp³-hybridized carbons (Fsp3) is 0.538. The zero-order valence-electron chi connectivity index (χ0n) is 9.57. The summed E-state index contributed by atoms with van der Waals surface area (Å²) < 4.78 is 11.7. The van der Waals surface area contributed by atoms with Gasteiger partial charge in [0.25, 0.3) is 0 Å². The molecule has 1 aromatic carbocycles. The molecule has 1 heterocycles. The zero-order chi connectivity index (χ0) is 10.9. The van der Waals surface area contributed by atoms with Crippen molar-refractivity contribution < 1.29 is 9.47 Å². The molecule has 0 amide bonds. The summed E-state index contributed by atoms with van der Waals surface area (Å²) in [5.41, 5.74) is 0.996. The van der Waals surface area contributed by atoms with Gasteiger partial charge >= 0.3 is 0 Å². The van der Waals surface area contributed by atoms with Gasteiger partial charge in [-0.15, -0.1) is 0 Å². The highest BCUT2D eigenvalue weighted by molar-refractivity contribution is 5.16. The first-order valence-corrected chi connectivity index (χ1v) is 5.45. The van der Waals surface area contributed by atoms with Crippen molar-refractivity contribution in [1.29, 1.82) is 0 Å². The van der Waals surface area contributed by atoms with Crippen LogP contribution in [0.4, 0.5) is 0 Å². The lowest BCUT2D eigenvalue weighted by atomic mass is 9.99. The predicted octanol–water partition coefficient (Wildman–Crippen LogP) is 3.29. The highest BCUT2D eigenvalue weighted by Crippen LogP contribution is 2.35. The van der Waals surface area contributed by atoms with Crippen molar-refractivity contribution >= 4 is 0 Å². The molecule has 2 heteroatoms. The number of hydrogen-bond donors (Lipinski definition) is 0. The Labute approximate surface area is 91.2 Å². The second kappa shape index (κ2) is 3.95. The SMILES string of the molecule is C[C@H]1CC(C)(C)O[C@H](c2ccccc2)O1. The van der Waals surface area contributed by atoms with Crippen LogP contribution in [0.1, 0.15) is 39.0 Å². The molecule has 1 saturated heterocycles. The van der Waals surface area contributed by atoms with E-state index in [9.17, 15) is 0 Å². The van der Waals surface area contributed by atoms with Crippen LogP contribution in [0.3, 0.4) is 0 Å². The lowest BCUT2D eigenvalue weighted by Crippen LogP contribution is -2.38. The van der Waals surface area contributed by atoms with E-state index >= 15 is 0 Å². The van der Waals surface area contributed by atoms with Crippen LogP contribution in [0.25, 0.3) is 0 Å². The van der Waals surface area contributed by atoms with E-state index in [2.05, 4.69) is 20.8 Å².